The first-order valence-electron chi connectivity index (χ1n) is 5.64. The van der Waals surface area contributed by atoms with Gasteiger partial charge in [-0.2, -0.15) is 5.10 Å². The van der Waals surface area contributed by atoms with E-state index in [0.29, 0.717) is 18.5 Å². The fourth-order valence-corrected chi connectivity index (χ4v) is 2.07. The van der Waals surface area contributed by atoms with Gasteiger partial charge in [0, 0.05) is 37.6 Å². The van der Waals surface area contributed by atoms with Crippen molar-refractivity contribution < 1.29 is 4.74 Å². The van der Waals surface area contributed by atoms with E-state index in [4.69, 9.17) is 10.5 Å². The Morgan fingerprint density at radius 3 is 3.00 bits per heavy atom. The van der Waals surface area contributed by atoms with Gasteiger partial charge in [-0.25, -0.2) is 0 Å². The van der Waals surface area contributed by atoms with E-state index < -0.39 is 0 Å². The Bertz CT molecular complexity index is 305. The van der Waals surface area contributed by atoms with Crippen LogP contribution in [0.2, 0.25) is 0 Å². The third-order valence-electron chi connectivity index (χ3n) is 3.10. The van der Waals surface area contributed by atoms with E-state index in [1.807, 2.05) is 6.20 Å². The minimum absolute atomic E-state index is 0.385. The molecule has 1 aromatic rings. The van der Waals surface area contributed by atoms with Crippen molar-refractivity contribution in [2.24, 2.45) is 5.73 Å². The number of rotatable bonds is 3. The molecule has 2 N–H and O–H groups in total. The molecule has 2 heterocycles. The van der Waals surface area contributed by atoms with Gasteiger partial charge in [-0.15, -0.1) is 0 Å². The van der Waals surface area contributed by atoms with E-state index in [2.05, 4.69) is 22.8 Å². The maximum Gasteiger partial charge on any atom is 0.0566 e. The minimum Gasteiger partial charge on any atom is -0.381 e. The molecule has 84 valence electrons. The summed E-state index contributed by atoms with van der Waals surface area (Å²) in [6.07, 6.45) is 3.99. The standard InChI is InChI=1S/C11H19N3O/c1-9(8-12)11-2-5-13-14(11)10-3-6-15-7-4-10/h2,5,9-10H,3-4,6-8,12H2,1H3. The van der Waals surface area contributed by atoms with Crippen LogP contribution in [0.15, 0.2) is 12.3 Å². The first kappa shape index (κ1) is 10.6. The lowest BCUT2D eigenvalue weighted by Gasteiger charge is -2.25. The quantitative estimate of drug-likeness (QED) is 0.816. The normalized spacial score (nSPS) is 20.4. The molecule has 15 heavy (non-hydrogen) atoms. The molecule has 0 saturated carbocycles. The van der Waals surface area contributed by atoms with Crippen LogP contribution in [0.25, 0.3) is 0 Å². The van der Waals surface area contributed by atoms with Gasteiger partial charge >= 0.3 is 0 Å². The fourth-order valence-electron chi connectivity index (χ4n) is 2.07. The molecule has 1 unspecified atom stereocenters. The van der Waals surface area contributed by atoms with E-state index >= 15 is 0 Å². The average molecular weight is 209 g/mol. The van der Waals surface area contributed by atoms with E-state index in [-0.39, 0.29) is 0 Å². The SMILES string of the molecule is CC(CN)c1ccnn1C1CCOCC1. The largest absolute Gasteiger partial charge is 0.381 e. The molecule has 0 amide bonds. The lowest BCUT2D eigenvalue weighted by Crippen LogP contribution is -2.24. The Labute approximate surface area is 90.4 Å². The molecule has 2 rings (SSSR count). The highest BCUT2D eigenvalue weighted by atomic mass is 16.5. The van der Waals surface area contributed by atoms with Crippen LogP contribution in [0, 0.1) is 0 Å². The molecule has 1 aromatic heterocycles. The van der Waals surface area contributed by atoms with E-state index in [1.165, 1.54) is 5.69 Å². The first-order valence-corrected chi connectivity index (χ1v) is 5.64. The van der Waals surface area contributed by atoms with Crippen LogP contribution in [0.5, 0.6) is 0 Å². The van der Waals surface area contributed by atoms with Crippen molar-refractivity contribution in [3.05, 3.63) is 18.0 Å². The van der Waals surface area contributed by atoms with Crippen molar-refractivity contribution >= 4 is 0 Å². The maximum absolute atomic E-state index is 5.70. The molecular weight excluding hydrogens is 190 g/mol. The van der Waals surface area contributed by atoms with Crippen molar-refractivity contribution in [3.63, 3.8) is 0 Å². The van der Waals surface area contributed by atoms with Gasteiger partial charge in [-0.3, -0.25) is 4.68 Å². The third kappa shape index (κ3) is 2.21. The molecule has 1 atom stereocenters. The summed E-state index contributed by atoms with van der Waals surface area (Å²) in [5.41, 5.74) is 6.95. The Morgan fingerprint density at radius 1 is 1.60 bits per heavy atom. The van der Waals surface area contributed by atoms with Crippen molar-refractivity contribution in [2.75, 3.05) is 19.8 Å². The Kier molecular flexibility index (Phi) is 3.38. The van der Waals surface area contributed by atoms with Gasteiger partial charge < -0.3 is 10.5 Å². The van der Waals surface area contributed by atoms with Gasteiger partial charge in [0.15, 0.2) is 0 Å². The van der Waals surface area contributed by atoms with Crippen molar-refractivity contribution in [3.8, 4) is 0 Å². The summed E-state index contributed by atoms with van der Waals surface area (Å²) in [6, 6.07) is 2.57. The summed E-state index contributed by atoms with van der Waals surface area (Å²) in [6.45, 7) is 4.52. The van der Waals surface area contributed by atoms with E-state index in [1.54, 1.807) is 0 Å². The molecule has 0 spiro atoms. The highest BCUT2D eigenvalue weighted by Crippen LogP contribution is 2.24. The lowest BCUT2D eigenvalue weighted by atomic mass is 10.1. The number of aromatic nitrogens is 2. The number of hydrogen-bond acceptors (Lipinski definition) is 3. The molecule has 1 aliphatic rings. The van der Waals surface area contributed by atoms with E-state index in [9.17, 15) is 0 Å². The fraction of sp³-hybridized carbons (Fsp3) is 0.727. The number of nitrogens with zero attached hydrogens (tertiary/aromatic N) is 2. The summed E-state index contributed by atoms with van der Waals surface area (Å²) in [4.78, 5) is 0. The van der Waals surface area contributed by atoms with Crippen LogP contribution < -0.4 is 5.73 Å². The smallest absolute Gasteiger partial charge is 0.0566 e. The van der Waals surface area contributed by atoms with Crippen molar-refractivity contribution in [1.29, 1.82) is 0 Å². The zero-order valence-electron chi connectivity index (χ0n) is 9.22. The summed E-state index contributed by atoms with van der Waals surface area (Å²) in [5, 5.41) is 4.41. The minimum atomic E-state index is 0.385. The van der Waals surface area contributed by atoms with E-state index in [0.717, 1.165) is 26.1 Å². The Balaban J connectivity index is 2.15. The van der Waals surface area contributed by atoms with Gasteiger partial charge in [0.2, 0.25) is 0 Å². The molecule has 0 aromatic carbocycles. The molecule has 0 radical (unpaired) electrons. The van der Waals surface area contributed by atoms with Crippen LogP contribution in [0.1, 0.15) is 37.4 Å². The third-order valence-corrected chi connectivity index (χ3v) is 3.10. The van der Waals surface area contributed by atoms with Gasteiger partial charge in [0.05, 0.1) is 6.04 Å². The van der Waals surface area contributed by atoms with Gasteiger partial charge in [-0.05, 0) is 18.9 Å². The zero-order valence-corrected chi connectivity index (χ0v) is 9.22. The Morgan fingerprint density at radius 2 is 2.33 bits per heavy atom. The summed E-state index contributed by atoms with van der Waals surface area (Å²) >= 11 is 0. The predicted molar refractivity (Wildman–Crippen MR) is 58.8 cm³/mol. The van der Waals surface area contributed by atoms with Crippen molar-refractivity contribution in [1.82, 2.24) is 9.78 Å². The topological polar surface area (TPSA) is 53.1 Å². The van der Waals surface area contributed by atoms with Crippen LogP contribution in [-0.4, -0.2) is 29.5 Å². The molecule has 4 nitrogen and oxygen atoms in total. The van der Waals surface area contributed by atoms with Gasteiger partial charge in [0.25, 0.3) is 0 Å². The maximum atomic E-state index is 5.70. The zero-order chi connectivity index (χ0) is 10.7. The van der Waals surface area contributed by atoms with Gasteiger partial charge in [0.1, 0.15) is 0 Å². The Hall–Kier alpha value is -0.870. The second kappa shape index (κ2) is 4.77. The second-order valence-electron chi connectivity index (χ2n) is 4.18. The lowest BCUT2D eigenvalue weighted by molar-refractivity contribution is 0.0652. The molecule has 1 saturated heterocycles. The predicted octanol–water partition coefficient (Wildman–Crippen LogP) is 1.30. The van der Waals surface area contributed by atoms with Crippen LogP contribution >= 0.6 is 0 Å². The van der Waals surface area contributed by atoms with Crippen molar-refractivity contribution in [2.45, 2.75) is 31.7 Å². The average Bonchev–Trinajstić information content (AvgIpc) is 2.78. The first-order chi connectivity index (χ1) is 7.33. The summed E-state index contributed by atoms with van der Waals surface area (Å²) in [7, 11) is 0. The van der Waals surface area contributed by atoms with Gasteiger partial charge in [-0.1, -0.05) is 6.92 Å². The van der Waals surface area contributed by atoms with Crippen LogP contribution in [0.3, 0.4) is 0 Å². The highest BCUT2D eigenvalue weighted by Gasteiger charge is 2.20. The number of nitrogens with two attached hydrogens (primary N) is 1. The number of ether oxygens (including phenoxy) is 1. The summed E-state index contributed by atoms with van der Waals surface area (Å²) < 4.78 is 7.50. The highest BCUT2D eigenvalue weighted by molar-refractivity contribution is 5.08. The number of hydrogen-bond donors (Lipinski definition) is 1. The molecule has 4 heteroatoms. The second-order valence-corrected chi connectivity index (χ2v) is 4.18. The molecule has 0 aliphatic carbocycles. The summed E-state index contributed by atoms with van der Waals surface area (Å²) in [5.74, 6) is 0.385. The molecular formula is C11H19N3O. The van der Waals surface area contributed by atoms with Crippen LogP contribution in [0.4, 0.5) is 0 Å². The molecule has 1 fully saturated rings. The molecule has 0 bridgehead atoms. The van der Waals surface area contributed by atoms with Crippen LogP contribution in [-0.2, 0) is 4.74 Å². The molecule has 1 aliphatic heterocycles. The monoisotopic (exact) mass is 209 g/mol.